The molecule has 3 aromatic heterocycles. The fraction of sp³-hybridized carbons (Fsp3) is 0.316. The summed E-state index contributed by atoms with van der Waals surface area (Å²) in [5.41, 5.74) is 1.62. The Morgan fingerprint density at radius 1 is 1.24 bits per heavy atom. The van der Waals surface area contributed by atoms with E-state index in [-0.39, 0.29) is 18.0 Å². The summed E-state index contributed by atoms with van der Waals surface area (Å²) >= 11 is 0. The van der Waals surface area contributed by atoms with Crippen molar-refractivity contribution < 1.29 is 9.32 Å². The number of carbonyl (C=O) groups excluding carboxylic acids is 1. The molecule has 10 heteroatoms. The molecule has 1 aromatic carbocycles. The summed E-state index contributed by atoms with van der Waals surface area (Å²) in [5.74, 6) is 1.87. The van der Waals surface area contributed by atoms with Crippen LogP contribution in [0.3, 0.4) is 0 Å². The molecule has 4 aromatic rings. The molecule has 0 saturated heterocycles. The fourth-order valence-corrected chi connectivity index (χ4v) is 3.31. The van der Waals surface area contributed by atoms with Gasteiger partial charge in [-0.05, 0) is 33.0 Å². The number of aromatic nitrogens is 5. The second-order valence-corrected chi connectivity index (χ2v) is 7.18. The fourth-order valence-electron chi connectivity index (χ4n) is 3.31. The van der Waals surface area contributed by atoms with Gasteiger partial charge in [-0.3, -0.25) is 23.5 Å². The Bertz CT molecular complexity index is 1280. The first kappa shape index (κ1) is 18.8. The smallest absolute Gasteiger partial charge is 0.262 e. The van der Waals surface area contributed by atoms with Crippen molar-refractivity contribution in [2.45, 2.75) is 20.4 Å². The topological polar surface area (TPSA) is 111 Å². The standard InChI is InChI=1S/C19H21N7O3/c1-11-5-6-14-13(7-11)18(28)25(4)19-22-21-16(26(14)19)9-24(3)10-17(27)20-15-8-12(2)29-23-15/h5-8H,9-10H2,1-4H3,(H,20,23,27). The average Bonchev–Trinajstić information content (AvgIpc) is 3.26. The lowest BCUT2D eigenvalue weighted by Crippen LogP contribution is -2.30. The van der Waals surface area contributed by atoms with Crippen molar-refractivity contribution in [2.24, 2.45) is 7.05 Å². The number of rotatable bonds is 5. The molecule has 1 N–H and O–H groups in total. The molecule has 29 heavy (non-hydrogen) atoms. The van der Waals surface area contributed by atoms with Gasteiger partial charge in [0.25, 0.3) is 5.56 Å². The van der Waals surface area contributed by atoms with Crippen LogP contribution in [0.5, 0.6) is 0 Å². The summed E-state index contributed by atoms with van der Waals surface area (Å²) < 4.78 is 8.28. The molecule has 10 nitrogen and oxygen atoms in total. The zero-order chi connectivity index (χ0) is 20.7. The minimum atomic E-state index is -0.220. The molecule has 3 heterocycles. The zero-order valence-electron chi connectivity index (χ0n) is 16.6. The first-order chi connectivity index (χ1) is 13.8. The molecule has 150 valence electrons. The average molecular weight is 395 g/mol. The molecule has 0 aliphatic carbocycles. The predicted octanol–water partition coefficient (Wildman–Crippen LogP) is 1.26. The number of anilines is 1. The molecule has 1 amide bonds. The summed E-state index contributed by atoms with van der Waals surface area (Å²) in [5, 5.41) is 15.5. The third-order valence-corrected chi connectivity index (χ3v) is 4.66. The minimum absolute atomic E-state index is 0.120. The Hall–Kier alpha value is -3.53. The van der Waals surface area contributed by atoms with E-state index >= 15 is 0 Å². The van der Waals surface area contributed by atoms with E-state index in [1.165, 1.54) is 4.57 Å². The summed E-state index contributed by atoms with van der Waals surface area (Å²) in [6.07, 6.45) is 0. The second kappa shape index (κ2) is 7.13. The first-order valence-electron chi connectivity index (χ1n) is 9.08. The zero-order valence-corrected chi connectivity index (χ0v) is 16.6. The highest BCUT2D eigenvalue weighted by molar-refractivity contribution is 5.91. The number of nitrogens with zero attached hydrogens (tertiary/aromatic N) is 6. The third-order valence-electron chi connectivity index (χ3n) is 4.66. The molecule has 0 bridgehead atoms. The van der Waals surface area contributed by atoms with Crippen molar-refractivity contribution in [3.63, 3.8) is 0 Å². The minimum Gasteiger partial charge on any atom is -0.360 e. The first-order valence-corrected chi connectivity index (χ1v) is 9.08. The van der Waals surface area contributed by atoms with Crippen LogP contribution in [0.15, 0.2) is 33.6 Å². The number of hydrogen-bond acceptors (Lipinski definition) is 7. The predicted molar refractivity (Wildman–Crippen MR) is 107 cm³/mol. The van der Waals surface area contributed by atoms with Gasteiger partial charge < -0.3 is 9.84 Å². The monoisotopic (exact) mass is 395 g/mol. The van der Waals surface area contributed by atoms with E-state index in [4.69, 9.17) is 4.52 Å². The van der Waals surface area contributed by atoms with Crippen molar-refractivity contribution in [3.05, 3.63) is 51.8 Å². The highest BCUT2D eigenvalue weighted by Crippen LogP contribution is 2.16. The van der Waals surface area contributed by atoms with Crippen LogP contribution in [0, 0.1) is 13.8 Å². The molecule has 0 aliphatic rings. The quantitative estimate of drug-likeness (QED) is 0.541. The van der Waals surface area contributed by atoms with Gasteiger partial charge in [0.05, 0.1) is 24.0 Å². The summed E-state index contributed by atoms with van der Waals surface area (Å²) in [6, 6.07) is 7.35. The van der Waals surface area contributed by atoms with Gasteiger partial charge in [-0.2, -0.15) is 0 Å². The Kier molecular flexibility index (Phi) is 4.63. The number of hydrogen-bond donors (Lipinski definition) is 1. The molecule has 0 saturated carbocycles. The SMILES string of the molecule is Cc1ccc2c(c1)c(=O)n(C)c1nnc(CN(C)CC(=O)Nc3cc(C)on3)n21. The van der Waals surface area contributed by atoms with E-state index in [9.17, 15) is 9.59 Å². The van der Waals surface area contributed by atoms with Crippen LogP contribution in [-0.2, 0) is 18.4 Å². The van der Waals surface area contributed by atoms with E-state index in [0.717, 1.165) is 11.1 Å². The number of fused-ring (bicyclic) bond motifs is 3. The summed E-state index contributed by atoms with van der Waals surface area (Å²) in [4.78, 5) is 26.7. The molecule has 0 atom stereocenters. The third kappa shape index (κ3) is 3.49. The highest BCUT2D eigenvalue weighted by Gasteiger charge is 2.17. The Morgan fingerprint density at radius 3 is 2.76 bits per heavy atom. The number of nitrogens with one attached hydrogen (secondary N) is 1. The van der Waals surface area contributed by atoms with Crippen molar-refractivity contribution in [3.8, 4) is 0 Å². The van der Waals surface area contributed by atoms with Crippen LogP contribution in [0.1, 0.15) is 17.1 Å². The van der Waals surface area contributed by atoms with Crippen molar-refractivity contribution >= 4 is 28.4 Å². The lowest BCUT2D eigenvalue weighted by Gasteiger charge is -2.15. The lowest BCUT2D eigenvalue weighted by atomic mass is 10.1. The van der Waals surface area contributed by atoms with Gasteiger partial charge >= 0.3 is 0 Å². The number of amides is 1. The van der Waals surface area contributed by atoms with Crippen molar-refractivity contribution in [2.75, 3.05) is 18.9 Å². The van der Waals surface area contributed by atoms with Gasteiger partial charge in [0.15, 0.2) is 11.6 Å². The number of benzene rings is 1. The van der Waals surface area contributed by atoms with Crippen molar-refractivity contribution in [1.29, 1.82) is 0 Å². The summed E-state index contributed by atoms with van der Waals surface area (Å²) in [6.45, 7) is 4.19. The van der Waals surface area contributed by atoms with Crippen LogP contribution >= 0.6 is 0 Å². The van der Waals surface area contributed by atoms with Gasteiger partial charge in [-0.1, -0.05) is 16.8 Å². The van der Waals surface area contributed by atoms with Gasteiger partial charge in [0.2, 0.25) is 11.7 Å². The molecule has 0 fully saturated rings. The number of carbonyl (C=O) groups is 1. The van der Waals surface area contributed by atoms with Crippen LogP contribution in [0.25, 0.3) is 16.7 Å². The second-order valence-electron chi connectivity index (χ2n) is 7.18. The van der Waals surface area contributed by atoms with Crippen LogP contribution in [0.4, 0.5) is 5.82 Å². The molecule has 0 unspecified atom stereocenters. The molecular weight excluding hydrogens is 374 g/mol. The number of aryl methyl sites for hydroxylation is 3. The maximum absolute atomic E-state index is 12.7. The summed E-state index contributed by atoms with van der Waals surface area (Å²) in [7, 11) is 3.48. The molecule has 4 rings (SSSR count). The lowest BCUT2D eigenvalue weighted by molar-refractivity contribution is -0.117. The van der Waals surface area contributed by atoms with Gasteiger partial charge in [-0.25, -0.2) is 0 Å². The largest absolute Gasteiger partial charge is 0.360 e. The Labute approximate surface area is 165 Å². The Morgan fingerprint density at radius 2 is 2.03 bits per heavy atom. The van der Waals surface area contributed by atoms with Gasteiger partial charge in [-0.15, -0.1) is 10.2 Å². The van der Waals surface area contributed by atoms with Crippen molar-refractivity contribution in [1.82, 2.24) is 29.2 Å². The Balaban J connectivity index is 1.62. The maximum atomic E-state index is 12.7. The van der Waals surface area contributed by atoms with E-state index in [1.54, 1.807) is 20.0 Å². The van der Waals surface area contributed by atoms with Gasteiger partial charge in [0, 0.05) is 13.1 Å². The van der Waals surface area contributed by atoms with E-state index in [0.29, 0.717) is 35.1 Å². The van der Waals surface area contributed by atoms with Crippen LogP contribution in [0.2, 0.25) is 0 Å². The van der Waals surface area contributed by atoms with E-state index in [1.807, 2.05) is 41.5 Å². The van der Waals surface area contributed by atoms with E-state index in [2.05, 4.69) is 20.7 Å². The molecule has 0 aliphatic heterocycles. The maximum Gasteiger partial charge on any atom is 0.262 e. The molecule has 0 spiro atoms. The normalized spacial score (nSPS) is 11.6. The van der Waals surface area contributed by atoms with E-state index < -0.39 is 0 Å². The molecule has 0 radical (unpaired) electrons. The molecular formula is C19H21N7O3. The highest BCUT2D eigenvalue weighted by atomic mass is 16.5. The van der Waals surface area contributed by atoms with Gasteiger partial charge in [0.1, 0.15) is 5.76 Å². The van der Waals surface area contributed by atoms with Crippen LogP contribution < -0.4 is 10.9 Å². The van der Waals surface area contributed by atoms with Crippen LogP contribution in [-0.4, -0.2) is 48.7 Å². The number of likely N-dealkylation sites (N-methyl/N-ethyl adjacent to an activating group) is 1.